The highest BCUT2D eigenvalue weighted by atomic mass is 16.6. The third kappa shape index (κ3) is 8.31. The van der Waals surface area contributed by atoms with E-state index in [9.17, 15) is 28.8 Å². The summed E-state index contributed by atoms with van der Waals surface area (Å²) < 4.78 is 25.7. The molecule has 0 radical (unpaired) electrons. The van der Waals surface area contributed by atoms with Crippen molar-refractivity contribution < 1.29 is 57.2 Å². The lowest BCUT2D eigenvalue weighted by atomic mass is 10.6. The Kier molecular flexibility index (Phi) is 7.67. The minimum Gasteiger partial charge on any atom is -0.451 e. The third-order valence-electron chi connectivity index (χ3n) is 2.11. The topological polar surface area (TPSA) is 158 Å². The summed E-state index contributed by atoms with van der Waals surface area (Å²) in [5, 5.41) is 0. The van der Waals surface area contributed by atoms with Crippen molar-refractivity contribution in [2.45, 2.75) is 0 Å². The number of hydrogen-bond acceptors (Lipinski definition) is 12. The van der Waals surface area contributed by atoms with Crippen LogP contribution in [0.2, 0.25) is 0 Å². The molecule has 132 valence electrons. The van der Waals surface area contributed by atoms with E-state index in [1.807, 2.05) is 0 Å². The van der Waals surface area contributed by atoms with Gasteiger partial charge in [0.25, 0.3) is 0 Å². The third-order valence-corrected chi connectivity index (χ3v) is 2.11. The zero-order valence-corrected chi connectivity index (χ0v) is 12.1. The average molecular weight is 348 g/mol. The Labute approximate surface area is 133 Å². The Hall–Kier alpha value is -3.18. The Balaban J connectivity index is 0.000000180. The Morgan fingerprint density at radius 1 is 0.333 bits per heavy atom. The average Bonchev–Trinajstić information content (AvgIpc) is 2.57. The lowest BCUT2D eigenvalue weighted by molar-refractivity contribution is -0.174. The van der Waals surface area contributed by atoms with Crippen molar-refractivity contribution in [2.75, 3.05) is 39.6 Å². The summed E-state index contributed by atoms with van der Waals surface area (Å²) in [6.07, 6.45) is 0. The standard InChI is InChI=1S/3C4H4O4/c3*5-3-1-7-4(6)2-8-3/h3*1-2H2. The minimum absolute atomic E-state index is 0.237. The van der Waals surface area contributed by atoms with Crippen LogP contribution in [0.5, 0.6) is 0 Å². The van der Waals surface area contributed by atoms with Crippen LogP contribution in [-0.2, 0) is 57.2 Å². The second-order valence-electron chi connectivity index (χ2n) is 3.96. The first kappa shape index (κ1) is 18.9. The summed E-state index contributed by atoms with van der Waals surface area (Å²) in [5.74, 6) is -2.89. The summed E-state index contributed by atoms with van der Waals surface area (Å²) >= 11 is 0. The summed E-state index contributed by atoms with van der Waals surface area (Å²) in [6.45, 7) is -1.42. The van der Waals surface area contributed by atoms with Crippen molar-refractivity contribution in [3.8, 4) is 0 Å². The van der Waals surface area contributed by atoms with Gasteiger partial charge in [0.2, 0.25) is 0 Å². The van der Waals surface area contributed by atoms with E-state index < -0.39 is 35.8 Å². The van der Waals surface area contributed by atoms with Crippen molar-refractivity contribution in [1.82, 2.24) is 0 Å². The molecule has 12 heteroatoms. The van der Waals surface area contributed by atoms with E-state index in [-0.39, 0.29) is 39.6 Å². The molecule has 3 saturated heterocycles. The normalized spacial score (nSPS) is 19.5. The first-order valence-electron chi connectivity index (χ1n) is 6.30. The number of hydrogen-bond donors (Lipinski definition) is 0. The number of ether oxygens (including phenoxy) is 6. The zero-order chi connectivity index (χ0) is 17.9. The van der Waals surface area contributed by atoms with Gasteiger partial charge in [0, 0.05) is 0 Å². The molecule has 0 bridgehead atoms. The summed E-state index contributed by atoms with van der Waals surface area (Å²) in [7, 11) is 0. The largest absolute Gasteiger partial charge is 0.451 e. The van der Waals surface area contributed by atoms with Crippen LogP contribution in [0.25, 0.3) is 0 Å². The number of carbonyl (C=O) groups excluding carboxylic acids is 6. The first-order valence-corrected chi connectivity index (χ1v) is 6.30. The van der Waals surface area contributed by atoms with Gasteiger partial charge in [-0.05, 0) is 0 Å². The molecule has 0 aliphatic carbocycles. The maximum atomic E-state index is 10.1. The van der Waals surface area contributed by atoms with Crippen molar-refractivity contribution >= 4 is 35.8 Å². The van der Waals surface area contributed by atoms with Crippen LogP contribution in [0.3, 0.4) is 0 Å². The Morgan fingerprint density at radius 2 is 0.458 bits per heavy atom. The van der Waals surface area contributed by atoms with Gasteiger partial charge in [0.05, 0.1) is 0 Å². The molecular weight excluding hydrogens is 336 g/mol. The summed E-state index contributed by atoms with van der Waals surface area (Å²) in [6, 6.07) is 0. The molecule has 12 nitrogen and oxygen atoms in total. The van der Waals surface area contributed by atoms with Crippen LogP contribution in [0.4, 0.5) is 0 Å². The number of carbonyl (C=O) groups is 6. The van der Waals surface area contributed by atoms with Crippen LogP contribution in [0.15, 0.2) is 0 Å². The van der Waals surface area contributed by atoms with Crippen LogP contribution < -0.4 is 0 Å². The molecule has 0 aromatic rings. The second-order valence-corrected chi connectivity index (χ2v) is 3.96. The van der Waals surface area contributed by atoms with Crippen molar-refractivity contribution in [2.24, 2.45) is 0 Å². The molecule has 0 amide bonds. The lowest BCUT2D eigenvalue weighted by Gasteiger charge is -2.09. The van der Waals surface area contributed by atoms with Gasteiger partial charge in [-0.15, -0.1) is 0 Å². The van der Waals surface area contributed by atoms with Crippen LogP contribution >= 0.6 is 0 Å². The molecule has 3 rings (SSSR count). The highest BCUT2D eigenvalue weighted by Gasteiger charge is 2.17. The zero-order valence-electron chi connectivity index (χ0n) is 12.1. The SMILES string of the molecule is O=C1COC(=O)CO1.O=C1COC(=O)CO1.O=C1COC(=O)CO1. The predicted molar refractivity (Wildman–Crippen MR) is 65.8 cm³/mol. The molecule has 3 heterocycles. The highest BCUT2D eigenvalue weighted by molar-refractivity contribution is 5.83. The molecule has 0 spiro atoms. The van der Waals surface area contributed by atoms with Crippen molar-refractivity contribution in [3.63, 3.8) is 0 Å². The lowest BCUT2D eigenvalue weighted by Crippen LogP contribution is -2.27. The van der Waals surface area contributed by atoms with E-state index >= 15 is 0 Å². The summed E-state index contributed by atoms with van der Waals surface area (Å²) in [4.78, 5) is 60.7. The molecule has 0 aromatic carbocycles. The second kappa shape index (κ2) is 9.76. The van der Waals surface area contributed by atoms with Gasteiger partial charge in [-0.1, -0.05) is 0 Å². The molecule has 0 atom stereocenters. The van der Waals surface area contributed by atoms with Gasteiger partial charge in [-0.25, -0.2) is 28.8 Å². The number of cyclic esters (lactones) is 6. The molecular formula is C12H12O12. The van der Waals surface area contributed by atoms with E-state index in [0.717, 1.165) is 0 Å². The van der Waals surface area contributed by atoms with Gasteiger partial charge in [-0.2, -0.15) is 0 Å². The van der Waals surface area contributed by atoms with Crippen LogP contribution in [-0.4, -0.2) is 75.5 Å². The van der Waals surface area contributed by atoms with E-state index in [4.69, 9.17) is 0 Å². The van der Waals surface area contributed by atoms with Gasteiger partial charge < -0.3 is 28.4 Å². The molecule has 3 aliphatic rings. The molecule has 3 fully saturated rings. The fraction of sp³-hybridized carbons (Fsp3) is 0.500. The predicted octanol–water partition coefficient (Wildman–Crippen LogP) is -2.74. The quantitative estimate of drug-likeness (QED) is 0.329. The molecule has 24 heavy (non-hydrogen) atoms. The fourth-order valence-corrected chi connectivity index (χ4v) is 1.09. The monoisotopic (exact) mass is 348 g/mol. The fourth-order valence-electron chi connectivity index (χ4n) is 1.09. The molecule has 0 N–H and O–H groups in total. The van der Waals surface area contributed by atoms with Gasteiger partial charge in [0.1, 0.15) is 0 Å². The van der Waals surface area contributed by atoms with E-state index in [1.54, 1.807) is 0 Å². The van der Waals surface area contributed by atoms with Gasteiger partial charge >= 0.3 is 35.8 Å². The Bertz CT molecular complexity index is 376. The maximum Gasteiger partial charge on any atom is 0.344 e. The molecule has 0 saturated carbocycles. The summed E-state index contributed by atoms with van der Waals surface area (Å²) in [5.41, 5.74) is 0. The molecule has 0 aromatic heterocycles. The van der Waals surface area contributed by atoms with E-state index in [1.165, 1.54) is 0 Å². The Morgan fingerprint density at radius 3 is 0.542 bits per heavy atom. The smallest absolute Gasteiger partial charge is 0.344 e. The van der Waals surface area contributed by atoms with E-state index in [2.05, 4.69) is 28.4 Å². The first-order chi connectivity index (χ1) is 11.4. The van der Waals surface area contributed by atoms with Crippen molar-refractivity contribution in [1.29, 1.82) is 0 Å². The number of esters is 6. The maximum absolute atomic E-state index is 10.1. The van der Waals surface area contributed by atoms with Crippen molar-refractivity contribution in [3.05, 3.63) is 0 Å². The van der Waals surface area contributed by atoms with Crippen LogP contribution in [0.1, 0.15) is 0 Å². The van der Waals surface area contributed by atoms with Gasteiger partial charge in [-0.3, -0.25) is 0 Å². The molecule has 3 aliphatic heterocycles. The number of rotatable bonds is 0. The van der Waals surface area contributed by atoms with Gasteiger partial charge in [0.15, 0.2) is 39.6 Å². The highest BCUT2D eigenvalue weighted by Crippen LogP contribution is 1.92. The van der Waals surface area contributed by atoms with E-state index in [0.29, 0.717) is 0 Å². The molecule has 0 unspecified atom stereocenters. The van der Waals surface area contributed by atoms with Crippen LogP contribution in [0, 0.1) is 0 Å². The minimum atomic E-state index is -0.482.